The van der Waals surface area contributed by atoms with Crippen LogP contribution in [0.25, 0.3) is 0 Å². The first-order valence-electron chi connectivity index (χ1n) is 7.55. The van der Waals surface area contributed by atoms with E-state index in [1.807, 2.05) is 18.2 Å². The molecule has 0 amide bonds. The van der Waals surface area contributed by atoms with Crippen molar-refractivity contribution in [2.24, 2.45) is 0 Å². The summed E-state index contributed by atoms with van der Waals surface area (Å²) in [6.07, 6.45) is 0. The molecule has 0 aliphatic heterocycles. The topological polar surface area (TPSA) is 9.23 Å². The van der Waals surface area contributed by atoms with E-state index < -0.39 is 22.2 Å². The van der Waals surface area contributed by atoms with E-state index in [9.17, 15) is 0 Å². The van der Waals surface area contributed by atoms with E-state index in [4.69, 9.17) is 2.81 Å². The molecule has 0 spiro atoms. The summed E-state index contributed by atoms with van der Waals surface area (Å²) in [5.41, 5.74) is 2.78. The third-order valence-electron chi connectivity index (χ3n) is 3.49. The van der Waals surface area contributed by atoms with E-state index in [1.165, 1.54) is 11.1 Å². The summed E-state index contributed by atoms with van der Waals surface area (Å²) in [6.45, 7) is 0. The number of hydrogen-bond acceptors (Lipinski definition) is 1. The zero-order valence-electron chi connectivity index (χ0n) is 12.5. The van der Waals surface area contributed by atoms with Crippen LogP contribution < -0.4 is 2.81 Å². The van der Waals surface area contributed by atoms with Gasteiger partial charge >= 0.3 is 141 Å². The second-order valence-corrected chi connectivity index (χ2v) is 10.2. The van der Waals surface area contributed by atoms with E-state index in [2.05, 4.69) is 72.8 Å². The van der Waals surface area contributed by atoms with Crippen molar-refractivity contribution in [2.45, 2.75) is 8.26 Å². The van der Waals surface area contributed by atoms with Gasteiger partial charge in [0, 0.05) is 0 Å². The summed E-state index contributed by atoms with van der Waals surface area (Å²) >= 11 is -2.06. The Labute approximate surface area is 140 Å². The average Bonchev–Trinajstić information content (AvgIpc) is 2.57. The minimum absolute atomic E-state index is 1.02. The first-order valence-corrected chi connectivity index (χ1v) is 12.0. The Morgan fingerprint density at radius 2 is 0.955 bits per heavy atom. The first kappa shape index (κ1) is 15.2. The van der Waals surface area contributed by atoms with Crippen LogP contribution in [-0.2, 0) is 30.4 Å². The fourth-order valence-corrected chi connectivity index (χ4v) is 7.65. The maximum absolute atomic E-state index is 6.42. The molecule has 0 aromatic heterocycles. The zero-order valence-corrected chi connectivity index (χ0v) is 14.9. The van der Waals surface area contributed by atoms with Gasteiger partial charge in [0.15, 0.2) is 0 Å². The molecule has 0 fully saturated rings. The summed E-state index contributed by atoms with van der Waals surface area (Å²) in [5, 5.41) is 0. The average molecular weight is 367 g/mol. The van der Waals surface area contributed by atoms with Crippen molar-refractivity contribution in [1.82, 2.24) is 0 Å². The predicted octanol–water partition coefficient (Wildman–Crippen LogP) is 5.00. The van der Waals surface area contributed by atoms with Gasteiger partial charge in [-0.05, 0) is 0 Å². The Morgan fingerprint density at radius 3 is 1.41 bits per heavy atom. The maximum atomic E-state index is 6.42. The molecule has 22 heavy (non-hydrogen) atoms. The molecule has 3 rings (SSSR count). The van der Waals surface area contributed by atoms with Gasteiger partial charge in [0.05, 0.1) is 0 Å². The Morgan fingerprint density at radius 1 is 0.545 bits per heavy atom. The molecule has 0 heterocycles. The van der Waals surface area contributed by atoms with Crippen molar-refractivity contribution in [3.8, 4) is 5.75 Å². The Balaban J connectivity index is 1.75. The molecule has 0 aliphatic rings. The summed E-state index contributed by atoms with van der Waals surface area (Å²) in [4.78, 5) is 0. The van der Waals surface area contributed by atoms with Crippen molar-refractivity contribution in [2.75, 3.05) is 0 Å². The van der Waals surface area contributed by atoms with E-state index in [1.54, 1.807) is 0 Å². The fraction of sp³-hybridized carbons (Fsp3) is 0.100. The van der Waals surface area contributed by atoms with E-state index in [0.717, 1.165) is 14.0 Å². The molecule has 3 aromatic carbocycles. The Bertz CT molecular complexity index is 569. The summed E-state index contributed by atoms with van der Waals surface area (Å²) < 4.78 is 8.63. The molecule has 1 nitrogen and oxygen atoms in total. The van der Waals surface area contributed by atoms with Gasteiger partial charge in [0.1, 0.15) is 0 Å². The van der Waals surface area contributed by atoms with Crippen LogP contribution in [0.2, 0.25) is 0 Å². The molecule has 2 heteroatoms. The number of rotatable bonds is 6. The van der Waals surface area contributed by atoms with E-state index >= 15 is 0 Å². The third kappa shape index (κ3) is 4.68. The molecule has 0 atom stereocenters. The van der Waals surface area contributed by atoms with Crippen LogP contribution in [0.1, 0.15) is 11.1 Å². The van der Waals surface area contributed by atoms with Crippen LogP contribution in [0.15, 0.2) is 91.0 Å². The third-order valence-corrected chi connectivity index (χ3v) is 8.73. The zero-order chi connectivity index (χ0) is 15.0. The van der Waals surface area contributed by atoms with E-state index in [0.29, 0.717) is 0 Å². The summed E-state index contributed by atoms with van der Waals surface area (Å²) in [5.74, 6) is 1.02. The monoisotopic (exact) mass is 365 g/mol. The molecule has 109 valence electrons. The van der Waals surface area contributed by atoms with Gasteiger partial charge in [-0.1, -0.05) is 0 Å². The molecule has 3 aromatic rings. The molecule has 0 bridgehead atoms. The van der Waals surface area contributed by atoms with Crippen molar-refractivity contribution < 1.29 is 25.0 Å². The van der Waals surface area contributed by atoms with Gasteiger partial charge < -0.3 is 0 Å². The number of hydrogen-bond donors (Lipinski definition) is 0. The van der Waals surface area contributed by atoms with Gasteiger partial charge in [-0.25, -0.2) is 0 Å². The second kappa shape index (κ2) is 8.10. The van der Waals surface area contributed by atoms with Gasteiger partial charge in [0.25, 0.3) is 0 Å². The van der Waals surface area contributed by atoms with Crippen molar-refractivity contribution in [3.63, 3.8) is 0 Å². The SMILES string of the molecule is c1ccc([CH2][Zr]([CH2]c2ccccc2)[O]c2ccccc2)cc1. The van der Waals surface area contributed by atoms with Crippen LogP contribution in [0.3, 0.4) is 0 Å². The van der Waals surface area contributed by atoms with Crippen LogP contribution in [0.5, 0.6) is 5.75 Å². The number of benzene rings is 3. The molecular formula is C20H19OZr. The van der Waals surface area contributed by atoms with E-state index in [-0.39, 0.29) is 0 Å². The molecule has 0 unspecified atom stereocenters. The number of para-hydroxylation sites is 1. The second-order valence-electron chi connectivity index (χ2n) is 5.28. The first-order chi connectivity index (χ1) is 10.9. The summed E-state index contributed by atoms with van der Waals surface area (Å²) in [6, 6.07) is 31.7. The van der Waals surface area contributed by atoms with Crippen molar-refractivity contribution >= 4 is 0 Å². The van der Waals surface area contributed by atoms with Crippen LogP contribution >= 0.6 is 0 Å². The molecule has 0 saturated heterocycles. The van der Waals surface area contributed by atoms with Gasteiger partial charge in [-0.3, -0.25) is 0 Å². The van der Waals surface area contributed by atoms with Crippen molar-refractivity contribution in [3.05, 3.63) is 102 Å². The molecule has 0 radical (unpaired) electrons. The molecule has 0 saturated carbocycles. The summed E-state index contributed by atoms with van der Waals surface area (Å²) in [7, 11) is 0. The quantitative estimate of drug-likeness (QED) is 0.596. The molecule has 0 aliphatic carbocycles. The van der Waals surface area contributed by atoms with Crippen molar-refractivity contribution in [1.29, 1.82) is 0 Å². The molecule has 0 N–H and O–H groups in total. The predicted molar refractivity (Wildman–Crippen MR) is 87.4 cm³/mol. The normalized spacial score (nSPS) is 10.2. The Kier molecular flexibility index (Phi) is 5.61. The van der Waals surface area contributed by atoms with Crippen LogP contribution in [0, 0.1) is 0 Å². The van der Waals surface area contributed by atoms with Gasteiger partial charge in [-0.2, -0.15) is 0 Å². The Hall–Kier alpha value is -1.66. The van der Waals surface area contributed by atoms with Gasteiger partial charge in [-0.15, -0.1) is 0 Å². The molecular weight excluding hydrogens is 347 g/mol. The fourth-order valence-electron chi connectivity index (χ4n) is 2.44. The standard InChI is InChI=1S/2C7H7.C6H6O.Zr/c2*1-7-5-3-2-4-6-7;7-6-4-2-1-3-5-6;/h2*2-6H,1H2;1-5,7H;/q;;;+1/p-1. The minimum atomic E-state index is -2.06. The van der Waals surface area contributed by atoms with Crippen LogP contribution in [-0.4, -0.2) is 0 Å². The van der Waals surface area contributed by atoms with Gasteiger partial charge in [0.2, 0.25) is 0 Å². The van der Waals surface area contributed by atoms with Crippen LogP contribution in [0.4, 0.5) is 0 Å².